The highest BCUT2D eigenvalue weighted by Gasteiger charge is 2.19. The van der Waals surface area contributed by atoms with Crippen LogP contribution in [0.4, 0.5) is 14.6 Å². The molecule has 1 aliphatic heterocycles. The summed E-state index contributed by atoms with van der Waals surface area (Å²) in [6.45, 7) is 3.20. The summed E-state index contributed by atoms with van der Waals surface area (Å²) < 4.78 is 38.4. The van der Waals surface area contributed by atoms with Crippen LogP contribution in [0.25, 0.3) is 34.0 Å². The van der Waals surface area contributed by atoms with Gasteiger partial charge in [0, 0.05) is 46.5 Å². The monoisotopic (exact) mass is 523 g/mol. The van der Waals surface area contributed by atoms with Crippen molar-refractivity contribution in [2.24, 2.45) is 0 Å². The summed E-state index contributed by atoms with van der Waals surface area (Å²) in [6.07, 6.45) is 2.67. The van der Waals surface area contributed by atoms with Crippen LogP contribution in [0.2, 0.25) is 0 Å². The van der Waals surface area contributed by atoms with Crippen LogP contribution in [0.5, 0.6) is 0 Å². The number of alkyl halides is 1. The third-order valence-corrected chi connectivity index (χ3v) is 7.33. The maximum absolute atomic E-state index is 14.8. The van der Waals surface area contributed by atoms with Crippen molar-refractivity contribution in [3.8, 4) is 34.0 Å². The molecule has 4 aromatic rings. The van der Waals surface area contributed by atoms with E-state index in [-0.39, 0.29) is 23.2 Å². The molecule has 0 aliphatic carbocycles. The van der Waals surface area contributed by atoms with Crippen LogP contribution in [-0.4, -0.2) is 46.3 Å². The Hall–Kier alpha value is -3.34. The molecule has 10 heteroatoms. The third-order valence-electron chi connectivity index (χ3n) is 6.08. The van der Waals surface area contributed by atoms with Crippen LogP contribution in [-0.2, 0) is 11.3 Å². The SMILES string of the molecule is CC(CF)NCc1ccc(-c2cc(-c3nc(-c4ccc(SC5CCOC5)cc4)cnc3N)on2)c(F)c1. The minimum atomic E-state index is -0.490. The van der Waals surface area contributed by atoms with Gasteiger partial charge in [-0.1, -0.05) is 23.4 Å². The molecule has 0 bridgehead atoms. The minimum Gasteiger partial charge on any atom is -0.382 e. The van der Waals surface area contributed by atoms with Gasteiger partial charge in [-0.3, -0.25) is 0 Å². The Morgan fingerprint density at radius 2 is 2.00 bits per heavy atom. The van der Waals surface area contributed by atoms with Crippen molar-refractivity contribution in [3.05, 3.63) is 66.1 Å². The zero-order valence-corrected chi connectivity index (χ0v) is 21.1. The van der Waals surface area contributed by atoms with Crippen molar-refractivity contribution in [2.75, 3.05) is 25.6 Å². The quantitative estimate of drug-likeness (QED) is 0.296. The van der Waals surface area contributed by atoms with Crippen LogP contribution in [0.3, 0.4) is 0 Å². The molecular weight excluding hydrogens is 496 g/mol. The average molecular weight is 524 g/mol. The number of nitrogens with zero attached hydrogens (tertiary/aromatic N) is 3. The topological polar surface area (TPSA) is 99.1 Å². The van der Waals surface area contributed by atoms with Crippen molar-refractivity contribution in [1.29, 1.82) is 0 Å². The number of halogens is 2. The Labute approximate surface area is 217 Å². The fourth-order valence-electron chi connectivity index (χ4n) is 3.96. The fraction of sp³-hybridized carbons (Fsp3) is 0.296. The van der Waals surface area contributed by atoms with Gasteiger partial charge in [0.2, 0.25) is 0 Å². The first kappa shape index (κ1) is 25.3. The van der Waals surface area contributed by atoms with E-state index in [1.54, 1.807) is 31.3 Å². The number of thioether (sulfide) groups is 1. The molecule has 2 aromatic carbocycles. The number of benzene rings is 2. The molecule has 0 saturated carbocycles. The molecule has 7 nitrogen and oxygen atoms in total. The van der Waals surface area contributed by atoms with Crippen molar-refractivity contribution in [1.82, 2.24) is 20.4 Å². The van der Waals surface area contributed by atoms with E-state index < -0.39 is 12.5 Å². The number of rotatable bonds is 9. The van der Waals surface area contributed by atoms with Gasteiger partial charge >= 0.3 is 0 Å². The number of anilines is 1. The van der Waals surface area contributed by atoms with Gasteiger partial charge in [-0.05, 0) is 43.2 Å². The summed E-state index contributed by atoms with van der Waals surface area (Å²) >= 11 is 1.81. The number of ether oxygens (including phenoxy) is 1. The van der Waals surface area contributed by atoms with Gasteiger partial charge in [0.15, 0.2) is 17.3 Å². The molecule has 3 N–H and O–H groups in total. The van der Waals surface area contributed by atoms with Crippen molar-refractivity contribution < 1.29 is 18.0 Å². The van der Waals surface area contributed by atoms with Crippen molar-refractivity contribution >= 4 is 17.6 Å². The van der Waals surface area contributed by atoms with E-state index in [0.717, 1.165) is 25.2 Å². The Bertz CT molecular complexity index is 1360. The lowest BCUT2D eigenvalue weighted by atomic mass is 10.1. The molecule has 0 amide bonds. The summed E-state index contributed by atoms with van der Waals surface area (Å²) in [5.74, 6) is 0.0166. The maximum atomic E-state index is 14.8. The van der Waals surface area contributed by atoms with E-state index in [2.05, 4.69) is 32.6 Å². The van der Waals surface area contributed by atoms with Gasteiger partial charge in [-0.2, -0.15) is 0 Å². The maximum Gasteiger partial charge on any atom is 0.189 e. The van der Waals surface area contributed by atoms with E-state index in [1.807, 2.05) is 23.9 Å². The molecule has 2 aromatic heterocycles. The van der Waals surface area contributed by atoms with Crippen LogP contribution < -0.4 is 11.1 Å². The second-order valence-corrected chi connectivity index (χ2v) is 10.3. The lowest BCUT2D eigenvalue weighted by Crippen LogP contribution is -2.27. The summed E-state index contributed by atoms with van der Waals surface area (Å²) in [6, 6.07) is 14.2. The molecule has 5 rings (SSSR count). The highest BCUT2D eigenvalue weighted by molar-refractivity contribution is 8.00. The normalized spacial score (nSPS) is 16.2. The summed E-state index contributed by atoms with van der Waals surface area (Å²) in [5, 5.41) is 7.51. The van der Waals surface area contributed by atoms with Gasteiger partial charge in [0.05, 0.1) is 18.5 Å². The fourth-order valence-corrected chi connectivity index (χ4v) is 5.01. The number of aromatic nitrogens is 3. The third kappa shape index (κ3) is 5.98. The molecule has 192 valence electrons. The second kappa shape index (κ2) is 11.4. The van der Waals surface area contributed by atoms with E-state index in [4.69, 9.17) is 15.0 Å². The second-order valence-electron chi connectivity index (χ2n) is 8.94. The average Bonchev–Trinajstić information content (AvgIpc) is 3.61. The lowest BCUT2D eigenvalue weighted by Gasteiger charge is -2.10. The van der Waals surface area contributed by atoms with Crippen molar-refractivity contribution in [3.63, 3.8) is 0 Å². The largest absolute Gasteiger partial charge is 0.382 e. The summed E-state index contributed by atoms with van der Waals surface area (Å²) in [5.41, 5.74) is 9.24. The first-order valence-corrected chi connectivity index (χ1v) is 12.9. The van der Waals surface area contributed by atoms with Crippen LogP contribution in [0, 0.1) is 5.82 Å². The zero-order valence-electron chi connectivity index (χ0n) is 20.3. The number of nitrogen functional groups attached to an aromatic ring is 1. The van der Waals surface area contributed by atoms with Crippen LogP contribution in [0.15, 0.2) is 64.1 Å². The molecule has 1 aliphatic rings. The summed E-state index contributed by atoms with van der Waals surface area (Å²) in [4.78, 5) is 10.1. The highest BCUT2D eigenvalue weighted by atomic mass is 32.2. The molecular formula is C27H27F2N5O2S. The smallest absolute Gasteiger partial charge is 0.189 e. The molecule has 2 unspecified atom stereocenters. The highest BCUT2D eigenvalue weighted by Crippen LogP contribution is 2.33. The van der Waals surface area contributed by atoms with Crippen LogP contribution in [0.1, 0.15) is 18.9 Å². The van der Waals surface area contributed by atoms with Gasteiger partial charge in [-0.25, -0.2) is 18.7 Å². The predicted octanol–water partition coefficient (Wildman–Crippen LogP) is 5.52. The lowest BCUT2D eigenvalue weighted by molar-refractivity contribution is 0.199. The number of hydrogen-bond donors (Lipinski definition) is 2. The van der Waals surface area contributed by atoms with E-state index in [0.29, 0.717) is 34.4 Å². The molecule has 1 fully saturated rings. The first-order valence-electron chi connectivity index (χ1n) is 12.0. The van der Waals surface area contributed by atoms with Gasteiger partial charge in [0.25, 0.3) is 0 Å². The van der Waals surface area contributed by atoms with E-state index >= 15 is 0 Å². The Balaban J connectivity index is 1.34. The van der Waals surface area contributed by atoms with Gasteiger partial charge in [0.1, 0.15) is 18.2 Å². The zero-order chi connectivity index (χ0) is 25.8. The predicted molar refractivity (Wildman–Crippen MR) is 140 cm³/mol. The van der Waals surface area contributed by atoms with Gasteiger partial charge < -0.3 is 20.3 Å². The Kier molecular flexibility index (Phi) is 7.78. The molecule has 0 spiro atoms. The molecule has 1 saturated heterocycles. The standard InChI is InChI=1S/C27H27F2N5O2S/c1-16(12-28)31-13-17-2-7-21(22(29)10-17)23-11-25(36-34-23)26-27(30)32-14-24(33-26)18-3-5-19(6-4-18)37-20-8-9-35-15-20/h2-7,10-11,14,16,20,31H,8-9,12-13,15H2,1H3,(H2,30,32). The minimum absolute atomic E-state index is 0.184. The van der Waals surface area contributed by atoms with Crippen molar-refractivity contribution in [2.45, 2.75) is 36.1 Å². The number of nitrogens with one attached hydrogen (secondary N) is 1. The van der Waals surface area contributed by atoms with Gasteiger partial charge in [-0.15, -0.1) is 11.8 Å². The Morgan fingerprint density at radius 3 is 2.73 bits per heavy atom. The van der Waals surface area contributed by atoms with Crippen LogP contribution >= 0.6 is 11.8 Å². The molecule has 3 heterocycles. The van der Waals surface area contributed by atoms with E-state index in [1.165, 1.54) is 11.0 Å². The summed E-state index contributed by atoms with van der Waals surface area (Å²) in [7, 11) is 0. The number of hydrogen-bond acceptors (Lipinski definition) is 8. The number of nitrogens with two attached hydrogens (primary N) is 1. The molecule has 37 heavy (non-hydrogen) atoms. The Morgan fingerprint density at radius 1 is 1.16 bits per heavy atom. The molecule has 2 atom stereocenters. The molecule has 0 radical (unpaired) electrons. The van der Waals surface area contributed by atoms with E-state index in [9.17, 15) is 8.78 Å². The first-order chi connectivity index (χ1) is 18.0.